The summed E-state index contributed by atoms with van der Waals surface area (Å²) in [5.74, 6) is 0.868. The van der Waals surface area contributed by atoms with E-state index in [0.29, 0.717) is 30.5 Å². The first-order valence-electron chi connectivity index (χ1n) is 12.1. The third-order valence-electron chi connectivity index (χ3n) is 7.38. The molecule has 11 heteroatoms. The van der Waals surface area contributed by atoms with Crippen molar-refractivity contribution in [3.63, 3.8) is 0 Å². The molecule has 1 aromatic carbocycles. The summed E-state index contributed by atoms with van der Waals surface area (Å²) in [5, 5.41) is 6.69. The maximum Gasteiger partial charge on any atom is 0.239 e. The lowest BCUT2D eigenvalue weighted by Gasteiger charge is -2.45. The molecular formula is C25H30FN5O4S. The van der Waals surface area contributed by atoms with Crippen LogP contribution in [0, 0.1) is 11.7 Å². The standard InChI is InChI=1S/C25H30FN5O4S/c1-27-36(32,33)21-8-13-25(14-9-21,18-6-11-24(12-7-18)15-17-34-35-24)31-23-28-16-10-22(30-23)29-20-4-2-19(26)3-5-20/h2-5,8-10,13,16,18,27H,6-7,11-12,14-15,17H2,1H3,(H2,28,29,30,31). The molecule has 5 rings (SSSR count). The molecular weight excluding hydrogens is 485 g/mol. The van der Waals surface area contributed by atoms with Crippen molar-refractivity contribution in [2.45, 2.75) is 49.7 Å². The summed E-state index contributed by atoms with van der Waals surface area (Å²) in [6.07, 6.45) is 11.9. The Morgan fingerprint density at radius 2 is 1.89 bits per heavy atom. The molecule has 0 radical (unpaired) electrons. The number of anilines is 3. The van der Waals surface area contributed by atoms with E-state index < -0.39 is 15.6 Å². The van der Waals surface area contributed by atoms with Crippen molar-refractivity contribution in [1.29, 1.82) is 0 Å². The average Bonchev–Trinajstić information content (AvgIpc) is 3.34. The van der Waals surface area contributed by atoms with Gasteiger partial charge in [0.05, 0.1) is 17.1 Å². The monoisotopic (exact) mass is 515 g/mol. The molecule has 2 heterocycles. The molecule has 0 amide bonds. The van der Waals surface area contributed by atoms with Gasteiger partial charge in [-0.15, -0.1) is 0 Å². The average molecular weight is 516 g/mol. The Morgan fingerprint density at radius 1 is 1.11 bits per heavy atom. The van der Waals surface area contributed by atoms with Crippen LogP contribution in [0.2, 0.25) is 0 Å². The topological polar surface area (TPSA) is 114 Å². The number of nitrogens with zero attached hydrogens (tertiary/aromatic N) is 2. The minimum Gasteiger partial charge on any atom is -0.345 e. The molecule has 2 aliphatic carbocycles. The third-order valence-corrected chi connectivity index (χ3v) is 8.84. The number of rotatable bonds is 7. The lowest BCUT2D eigenvalue weighted by atomic mass is 9.67. The summed E-state index contributed by atoms with van der Waals surface area (Å²) in [6, 6.07) is 7.76. The van der Waals surface area contributed by atoms with Crippen LogP contribution < -0.4 is 15.4 Å². The van der Waals surface area contributed by atoms with E-state index >= 15 is 0 Å². The number of aromatic nitrogens is 2. The van der Waals surface area contributed by atoms with E-state index in [0.717, 1.165) is 32.1 Å². The third kappa shape index (κ3) is 5.15. The first kappa shape index (κ1) is 24.8. The highest BCUT2D eigenvalue weighted by Gasteiger charge is 2.47. The van der Waals surface area contributed by atoms with Crippen molar-refractivity contribution >= 4 is 27.5 Å². The molecule has 1 saturated carbocycles. The molecule has 1 saturated heterocycles. The predicted molar refractivity (Wildman–Crippen MR) is 134 cm³/mol. The first-order chi connectivity index (χ1) is 17.3. The van der Waals surface area contributed by atoms with Crippen molar-refractivity contribution in [2.24, 2.45) is 5.92 Å². The van der Waals surface area contributed by atoms with Gasteiger partial charge in [-0.05, 0) is 81.5 Å². The zero-order chi connectivity index (χ0) is 25.2. The number of sulfonamides is 1. The maximum atomic E-state index is 13.3. The normalized spacial score (nSPS) is 28.2. The molecule has 9 nitrogen and oxygen atoms in total. The van der Waals surface area contributed by atoms with Gasteiger partial charge in [0.1, 0.15) is 17.2 Å². The second kappa shape index (κ2) is 9.89. The van der Waals surface area contributed by atoms with Gasteiger partial charge in [-0.25, -0.2) is 32.3 Å². The predicted octanol–water partition coefficient (Wildman–Crippen LogP) is 4.18. The van der Waals surface area contributed by atoms with Crippen LogP contribution in [0.1, 0.15) is 38.5 Å². The van der Waals surface area contributed by atoms with Crippen LogP contribution in [0.3, 0.4) is 0 Å². The molecule has 2 fully saturated rings. The quantitative estimate of drug-likeness (QED) is 0.471. The molecule has 3 aliphatic rings. The van der Waals surface area contributed by atoms with Crippen LogP contribution in [-0.2, 0) is 19.8 Å². The zero-order valence-corrected chi connectivity index (χ0v) is 20.9. The van der Waals surface area contributed by atoms with Crippen molar-refractivity contribution < 1.29 is 22.6 Å². The Bertz CT molecular complexity index is 1250. The van der Waals surface area contributed by atoms with Gasteiger partial charge in [0.25, 0.3) is 0 Å². The largest absolute Gasteiger partial charge is 0.345 e. The Balaban J connectivity index is 1.39. The zero-order valence-electron chi connectivity index (χ0n) is 20.0. The van der Waals surface area contributed by atoms with Gasteiger partial charge in [-0.3, -0.25) is 0 Å². The summed E-state index contributed by atoms with van der Waals surface area (Å²) < 4.78 is 40.4. The highest BCUT2D eigenvalue weighted by molar-refractivity contribution is 7.93. The van der Waals surface area contributed by atoms with Crippen LogP contribution in [0.25, 0.3) is 0 Å². The molecule has 1 spiro atoms. The van der Waals surface area contributed by atoms with Gasteiger partial charge in [-0.2, -0.15) is 4.98 Å². The number of hydrogen-bond donors (Lipinski definition) is 3. The highest BCUT2D eigenvalue weighted by atomic mass is 32.2. The molecule has 3 N–H and O–H groups in total. The number of nitrogens with one attached hydrogen (secondary N) is 3. The summed E-state index contributed by atoms with van der Waals surface area (Å²) in [5.41, 5.74) is -0.0841. The second-order valence-electron chi connectivity index (χ2n) is 9.53. The van der Waals surface area contributed by atoms with Gasteiger partial charge >= 0.3 is 0 Å². The van der Waals surface area contributed by atoms with Crippen LogP contribution >= 0.6 is 0 Å². The number of hydrogen-bond acceptors (Lipinski definition) is 8. The molecule has 1 aliphatic heterocycles. The molecule has 192 valence electrons. The fourth-order valence-corrected chi connectivity index (χ4v) is 6.04. The number of benzene rings is 1. The fraction of sp³-hybridized carbons (Fsp3) is 0.440. The van der Waals surface area contributed by atoms with Gasteiger partial charge in [0.15, 0.2) is 0 Å². The SMILES string of the molecule is CNS(=O)(=O)C1=CCC(Nc2nccc(Nc3ccc(F)cc3)n2)(C2CCC3(CCOO3)CC2)C=C1. The molecule has 1 unspecified atom stereocenters. The molecule has 1 aromatic heterocycles. The number of allylic oxidation sites excluding steroid dienone is 1. The van der Waals surface area contributed by atoms with E-state index in [9.17, 15) is 12.8 Å². The minimum atomic E-state index is -3.55. The van der Waals surface area contributed by atoms with E-state index in [2.05, 4.69) is 25.3 Å². The van der Waals surface area contributed by atoms with Crippen LogP contribution in [0.4, 0.5) is 21.8 Å². The van der Waals surface area contributed by atoms with Crippen molar-refractivity contribution in [3.8, 4) is 0 Å². The Morgan fingerprint density at radius 3 is 2.53 bits per heavy atom. The van der Waals surface area contributed by atoms with Crippen molar-refractivity contribution in [1.82, 2.24) is 14.7 Å². The van der Waals surface area contributed by atoms with E-state index in [1.807, 2.05) is 6.08 Å². The second-order valence-corrected chi connectivity index (χ2v) is 11.4. The first-order valence-corrected chi connectivity index (χ1v) is 13.6. The van der Waals surface area contributed by atoms with Gasteiger partial charge in [0.2, 0.25) is 16.0 Å². The van der Waals surface area contributed by atoms with Crippen LogP contribution in [0.15, 0.2) is 59.7 Å². The van der Waals surface area contributed by atoms with E-state index in [-0.39, 0.29) is 22.2 Å². The summed E-state index contributed by atoms with van der Waals surface area (Å²) >= 11 is 0. The van der Waals surface area contributed by atoms with Gasteiger partial charge in [-0.1, -0.05) is 12.2 Å². The Hall–Kier alpha value is -2.86. The van der Waals surface area contributed by atoms with Crippen molar-refractivity contribution in [2.75, 3.05) is 24.3 Å². The molecule has 0 bridgehead atoms. The van der Waals surface area contributed by atoms with E-state index in [1.54, 1.807) is 36.5 Å². The summed E-state index contributed by atoms with van der Waals surface area (Å²) in [7, 11) is -2.14. The maximum absolute atomic E-state index is 13.3. The number of halogens is 1. The van der Waals surface area contributed by atoms with Crippen LogP contribution in [-0.4, -0.2) is 43.2 Å². The minimum absolute atomic E-state index is 0.205. The smallest absolute Gasteiger partial charge is 0.239 e. The molecule has 1 atom stereocenters. The van der Waals surface area contributed by atoms with E-state index in [1.165, 1.54) is 19.2 Å². The highest BCUT2D eigenvalue weighted by Crippen LogP contribution is 2.46. The van der Waals surface area contributed by atoms with Gasteiger partial charge in [0, 0.05) is 18.3 Å². The fourth-order valence-electron chi connectivity index (χ4n) is 5.26. The Labute approximate surface area is 210 Å². The molecule has 36 heavy (non-hydrogen) atoms. The van der Waals surface area contributed by atoms with Crippen LogP contribution in [0.5, 0.6) is 0 Å². The summed E-state index contributed by atoms with van der Waals surface area (Å²) in [4.78, 5) is 20.1. The van der Waals surface area contributed by atoms with Crippen molar-refractivity contribution in [3.05, 3.63) is 65.5 Å². The van der Waals surface area contributed by atoms with E-state index in [4.69, 9.17) is 9.78 Å². The molecule has 2 aromatic rings. The van der Waals surface area contributed by atoms with Gasteiger partial charge < -0.3 is 10.6 Å². The summed E-state index contributed by atoms with van der Waals surface area (Å²) in [6.45, 7) is 0.615. The lowest BCUT2D eigenvalue weighted by Crippen LogP contribution is -2.49. The lowest BCUT2D eigenvalue weighted by molar-refractivity contribution is -0.316. The Kier molecular flexibility index (Phi) is 6.82.